The maximum atomic E-state index is 11.5. The van der Waals surface area contributed by atoms with Crippen molar-refractivity contribution in [1.29, 1.82) is 0 Å². The molecule has 0 radical (unpaired) electrons. The molecule has 1 aliphatic carbocycles. The molecule has 0 spiro atoms. The molecule has 0 aromatic heterocycles. The second-order valence-electron chi connectivity index (χ2n) is 7.52. The van der Waals surface area contributed by atoms with Gasteiger partial charge in [-0.1, -0.05) is 26.0 Å². The average Bonchev–Trinajstić information content (AvgIpc) is 2.51. The fourth-order valence-corrected chi connectivity index (χ4v) is 4.84. The van der Waals surface area contributed by atoms with Crippen LogP contribution in [0.3, 0.4) is 0 Å². The van der Waals surface area contributed by atoms with E-state index in [1.54, 1.807) is 12.1 Å². The Labute approximate surface area is 139 Å². The molecule has 3 atom stereocenters. The lowest BCUT2D eigenvalue weighted by Crippen LogP contribution is -2.69. The number of fused-ring (bicyclic) bond motifs is 1. The molecule has 1 aromatic rings. The molecule has 1 N–H and O–H groups in total. The molecule has 1 aromatic carbocycles. The third-order valence-electron chi connectivity index (χ3n) is 5.46. The molecule has 2 fully saturated rings. The van der Waals surface area contributed by atoms with Crippen LogP contribution in [-0.4, -0.2) is 40.0 Å². The molecule has 0 bridgehead atoms. The molecule has 1 heterocycles. The standard InChI is InChI=1S/C18H27NO3S/c1-18(2)16(15-5-4-12-22-17(15)18)19-11-10-13-6-8-14(9-7-13)23(3,20)21/h6-9,15-17,19H,4-5,10-12H2,1-3H3. The molecule has 3 rings (SSSR count). The second-order valence-corrected chi connectivity index (χ2v) is 9.53. The summed E-state index contributed by atoms with van der Waals surface area (Å²) in [7, 11) is -3.11. The van der Waals surface area contributed by atoms with E-state index < -0.39 is 9.84 Å². The van der Waals surface area contributed by atoms with Crippen molar-refractivity contribution >= 4 is 9.84 Å². The zero-order chi connectivity index (χ0) is 16.7. The molecule has 1 saturated carbocycles. The minimum atomic E-state index is -3.11. The Balaban J connectivity index is 1.53. The first kappa shape index (κ1) is 16.9. The fraction of sp³-hybridized carbons (Fsp3) is 0.667. The van der Waals surface area contributed by atoms with E-state index in [0.29, 0.717) is 23.0 Å². The number of hydrogen-bond acceptors (Lipinski definition) is 4. The van der Waals surface area contributed by atoms with Gasteiger partial charge in [-0.05, 0) is 43.5 Å². The molecule has 0 amide bonds. The quantitative estimate of drug-likeness (QED) is 0.896. The normalized spacial score (nSPS) is 29.6. The van der Waals surface area contributed by atoms with E-state index in [2.05, 4.69) is 19.2 Å². The van der Waals surface area contributed by atoms with Gasteiger partial charge in [0.1, 0.15) is 0 Å². The third kappa shape index (κ3) is 3.32. The maximum absolute atomic E-state index is 11.5. The van der Waals surface area contributed by atoms with E-state index in [9.17, 15) is 8.42 Å². The van der Waals surface area contributed by atoms with Crippen molar-refractivity contribution in [3.63, 3.8) is 0 Å². The zero-order valence-electron chi connectivity index (χ0n) is 14.2. The number of benzene rings is 1. The van der Waals surface area contributed by atoms with Gasteiger partial charge in [0, 0.05) is 30.2 Å². The Morgan fingerprint density at radius 2 is 1.96 bits per heavy atom. The molecule has 1 aliphatic heterocycles. The minimum absolute atomic E-state index is 0.200. The first-order valence-corrected chi connectivity index (χ1v) is 10.3. The van der Waals surface area contributed by atoms with Gasteiger partial charge < -0.3 is 10.1 Å². The first-order valence-electron chi connectivity index (χ1n) is 8.44. The Hall–Kier alpha value is -0.910. The second kappa shape index (κ2) is 6.19. The third-order valence-corrected chi connectivity index (χ3v) is 6.59. The van der Waals surface area contributed by atoms with E-state index >= 15 is 0 Å². The van der Waals surface area contributed by atoms with Gasteiger partial charge in [0.05, 0.1) is 11.0 Å². The molecule has 2 aliphatic rings. The Morgan fingerprint density at radius 1 is 1.26 bits per heavy atom. The van der Waals surface area contributed by atoms with Crippen molar-refractivity contribution in [2.75, 3.05) is 19.4 Å². The summed E-state index contributed by atoms with van der Waals surface area (Å²) in [6.45, 7) is 6.40. The van der Waals surface area contributed by atoms with Gasteiger partial charge in [-0.15, -0.1) is 0 Å². The molecular weight excluding hydrogens is 310 g/mol. The van der Waals surface area contributed by atoms with Crippen LogP contribution in [0.2, 0.25) is 0 Å². The summed E-state index contributed by atoms with van der Waals surface area (Å²) in [5, 5.41) is 3.70. The predicted octanol–water partition coefficient (Wildman–Crippen LogP) is 2.43. The lowest BCUT2D eigenvalue weighted by atomic mass is 9.55. The van der Waals surface area contributed by atoms with E-state index in [0.717, 1.165) is 19.6 Å². The molecule has 1 saturated heterocycles. The van der Waals surface area contributed by atoms with Crippen LogP contribution < -0.4 is 5.32 Å². The van der Waals surface area contributed by atoms with Crippen LogP contribution in [0.5, 0.6) is 0 Å². The van der Waals surface area contributed by atoms with Gasteiger partial charge in [0.15, 0.2) is 9.84 Å². The lowest BCUT2D eigenvalue weighted by molar-refractivity contribution is -0.192. The molecule has 128 valence electrons. The van der Waals surface area contributed by atoms with Crippen molar-refractivity contribution in [3.05, 3.63) is 29.8 Å². The van der Waals surface area contributed by atoms with Gasteiger partial charge in [0.2, 0.25) is 0 Å². The van der Waals surface area contributed by atoms with Gasteiger partial charge in [0.25, 0.3) is 0 Å². The first-order chi connectivity index (χ1) is 10.8. The number of sulfone groups is 1. The van der Waals surface area contributed by atoms with E-state index in [1.165, 1.54) is 24.7 Å². The van der Waals surface area contributed by atoms with Gasteiger partial charge >= 0.3 is 0 Å². The number of ether oxygens (including phenoxy) is 1. The van der Waals surface area contributed by atoms with Crippen LogP contribution in [0, 0.1) is 11.3 Å². The highest BCUT2D eigenvalue weighted by molar-refractivity contribution is 7.90. The molecule has 4 nitrogen and oxygen atoms in total. The molecule has 23 heavy (non-hydrogen) atoms. The van der Waals surface area contributed by atoms with Crippen molar-refractivity contribution in [2.45, 2.75) is 50.2 Å². The summed E-state index contributed by atoms with van der Waals surface area (Å²) in [6, 6.07) is 7.74. The summed E-state index contributed by atoms with van der Waals surface area (Å²) >= 11 is 0. The topological polar surface area (TPSA) is 55.4 Å². The van der Waals surface area contributed by atoms with E-state index in [1.807, 2.05) is 12.1 Å². The molecular formula is C18H27NO3S. The summed E-state index contributed by atoms with van der Waals surface area (Å²) in [5.74, 6) is 0.645. The summed E-state index contributed by atoms with van der Waals surface area (Å²) in [4.78, 5) is 0.386. The summed E-state index contributed by atoms with van der Waals surface area (Å²) < 4.78 is 28.9. The van der Waals surface area contributed by atoms with Crippen LogP contribution >= 0.6 is 0 Å². The summed E-state index contributed by atoms with van der Waals surface area (Å²) in [6.07, 6.45) is 4.99. The van der Waals surface area contributed by atoms with Crippen molar-refractivity contribution in [3.8, 4) is 0 Å². The average molecular weight is 337 g/mol. The van der Waals surface area contributed by atoms with Crippen LogP contribution in [0.4, 0.5) is 0 Å². The van der Waals surface area contributed by atoms with E-state index in [4.69, 9.17) is 4.74 Å². The SMILES string of the molecule is CC1(C)C(NCCc2ccc(S(C)(=O)=O)cc2)C2CCCOC21. The Morgan fingerprint density at radius 3 is 2.61 bits per heavy atom. The van der Waals surface area contributed by atoms with Gasteiger partial charge in [-0.2, -0.15) is 0 Å². The smallest absolute Gasteiger partial charge is 0.175 e. The minimum Gasteiger partial charge on any atom is -0.377 e. The highest BCUT2D eigenvalue weighted by Gasteiger charge is 2.57. The van der Waals surface area contributed by atoms with Crippen LogP contribution in [-0.2, 0) is 21.0 Å². The fourth-order valence-electron chi connectivity index (χ4n) is 4.21. The number of hydrogen-bond donors (Lipinski definition) is 1. The monoisotopic (exact) mass is 337 g/mol. The summed E-state index contributed by atoms with van der Waals surface area (Å²) in [5.41, 5.74) is 1.36. The molecule has 3 unspecified atom stereocenters. The van der Waals surface area contributed by atoms with Crippen molar-refractivity contribution in [2.24, 2.45) is 11.3 Å². The number of nitrogens with one attached hydrogen (secondary N) is 1. The van der Waals surface area contributed by atoms with Crippen LogP contribution in [0.15, 0.2) is 29.2 Å². The predicted molar refractivity (Wildman–Crippen MR) is 91.3 cm³/mol. The van der Waals surface area contributed by atoms with Crippen molar-refractivity contribution < 1.29 is 13.2 Å². The van der Waals surface area contributed by atoms with Crippen LogP contribution in [0.1, 0.15) is 32.3 Å². The lowest BCUT2D eigenvalue weighted by Gasteiger charge is -2.60. The van der Waals surface area contributed by atoms with Crippen LogP contribution in [0.25, 0.3) is 0 Å². The highest BCUT2D eigenvalue weighted by Crippen LogP contribution is 2.51. The van der Waals surface area contributed by atoms with Gasteiger partial charge in [-0.3, -0.25) is 0 Å². The largest absolute Gasteiger partial charge is 0.377 e. The zero-order valence-corrected chi connectivity index (χ0v) is 15.0. The number of rotatable bonds is 5. The maximum Gasteiger partial charge on any atom is 0.175 e. The molecule has 5 heteroatoms. The highest BCUT2D eigenvalue weighted by atomic mass is 32.2. The van der Waals surface area contributed by atoms with Gasteiger partial charge in [-0.25, -0.2) is 8.42 Å². The Kier molecular flexibility index (Phi) is 4.55. The van der Waals surface area contributed by atoms with Crippen molar-refractivity contribution in [1.82, 2.24) is 5.32 Å². The Bertz CT molecular complexity index is 651. The van der Waals surface area contributed by atoms with E-state index in [-0.39, 0.29) is 5.41 Å².